The number of aliphatic carboxylic acids is 1. The number of halogens is 2. The third-order valence-corrected chi connectivity index (χ3v) is 2.13. The molecule has 1 rings (SSSR count). The monoisotopic (exact) mass is 276 g/mol. The molecule has 9 heteroatoms. The molecule has 1 aromatic carbocycles. The van der Waals surface area contributed by atoms with Gasteiger partial charge in [0.25, 0.3) is 0 Å². The Balaban J connectivity index is 3.03. The average Bonchev–Trinajstić information content (AvgIpc) is 2.27. The molecule has 104 valence electrons. The van der Waals surface area contributed by atoms with E-state index in [4.69, 9.17) is 5.11 Å². The molecule has 7 nitrogen and oxygen atoms in total. The molecule has 0 aliphatic heterocycles. The molecular formula is C10H10F2N2O5. The highest BCUT2D eigenvalue weighted by Gasteiger charge is 2.20. The smallest absolute Gasteiger partial charge is 0.387 e. The maximum Gasteiger partial charge on any atom is 0.387 e. The first kappa shape index (κ1) is 14.6. The van der Waals surface area contributed by atoms with Crippen LogP contribution in [0.5, 0.6) is 5.75 Å². The fourth-order valence-electron chi connectivity index (χ4n) is 1.26. The molecule has 0 aliphatic rings. The highest BCUT2D eigenvalue weighted by molar-refractivity contribution is 5.77. The van der Waals surface area contributed by atoms with Crippen molar-refractivity contribution in [3.05, 3.63) is 28.3 Å². The Morgan fingerprint density at radius 2 is 2.16 bits per heavy atom. The van der Waals surface area contributed by atoms with Gasteiger partial charge in [-0.25, -0.2) is 0 Å². The molecule has 1 atom stereocenters. The number of carboxylic acids is 1. The molecule has 2 N–H and O–H groups in total. The first-order chi connectivity index (χ1) is 8.81. The topological polar surface area (TPSA) is 102 Å². The lowest BCUT2D eigenvalue weighted by Crippen LogP contribution is -2.25. The molecular weight excluding hydrogens is 266 g/mol. The Morgan fingerprint density at radius 3 is 2.63 bits per heavy atom. The number of carbonyl (C=O) groups is 1. The van der Waals surface area contributed by atoms with Crippen molar-refractivity contribution < 1.29 is 28.3 Å². The minimum absolute atomic E-state index is 0.121. The van der Waals surface area contributed by atoms with Crippen molar-refractivity contribution in [1.29, 1.82) is 0 Å². The fraction of sp³-hybridized carbons (Fsp3) is 0.300. The van der Waals surface area contributed by atoms with Crippen LogP contribution in [0, 0.1) is 10.1 Å². The summed E-state index contributed by atoms with van der Waals surface area (Å²) in [5.41, 5.74) is -0.509. The predicted octanol–water partition coefficient (Wildman–Crippen LogP) is 2.08. The minimum atomic E-state index is -3.22. The summed E-state index contributed by atoms with van der Waals surface area (Å²) < 4.78 is 28.3. The molecule has 0 aliphatic carbocycles. The Morgan fingerprint density at radius 1 is 1.53 bits per heavy atom. The van der Waals surface area contributed by atoms with Crippen molar-refractivity contribution in [3.8, 4) is 5.75 Å². The lowest BCUT2D eigenvalue weighted by Gasteiger charge is -2.12. The molecule has 0 amide bonds. The maximum absolute atomic E-state index is 12.1. The number of carboxylic acid groups (broad SMARTS) is 1. The van der Waals surface area contributed by atoms with Crippen LogP contribution >= 0.6 is 0 Å². The summed E-state index contributed by atoms with van der Waals surface area (Å²) in [5.74, 6) is -1.79. The van der Waals surface area contributed by atoms with E-state index >= 15 is 0 Å². The Bertz CT molecular complexity index is 495. The van der Waals surface area contributed by atoms with Crippen LogP contribution in [0.4, 0.5) is 20.2 Å². The van der Waals surface area contributed by atoms with Crippen molar-refractivity contribution >= 4 is 17.3 Å². The summed E-state index contributed by atoms with van der Waals surface area (Å²) in [6, 6.07) is 2.12. The summed E-state index contributed by atoms with van der Waals surface area (Å²) in [6.45, 7) is -1.89. The second-order valence-electron chi connectivity index (χ2n) is 3.52. The first-order valence-electron chi connectivity index (χ1n) is 5.04. The molecule has 19 heavy (non-hydrogen) atoms. The zero-order valence-electron chi connectivity index (χ0n) is 9.67. The van der Waals surface area contributed by atoms with E-state index in [0.29, 0.717) is 0 Å². The summed E-state index contributed by atoms with van der Waals surface area (Å²) in [6.07, 6.45) is 0. The van der Waals surface area contributed by atoms with Crippen molar-refractivity contribution in [2.75, 3.05) is 5.32 Å². The summed E-state index contributed by atoms with van der Waals surface area (Å²) in [4.78, 5) is 20.4. The van der Waals surface area contributed by atoms with Crippen LogP contribution in [0.2, 0.25) is 0 Å². The van der Waals surface area contributed by atoms with Gasteiger partial charge in [0.2, 0.25) is 5.75 Å². The third kappa shape index (κ3) is 4.05. The van der Waals surface area contributed by atoms with E-state index in [9.17, 15) is 23.7 Å². The predicted molar refractivity (Wildman–Crippen MR) is 60.4 cm³/mol. The second kappa shape index (κ2) is 5.94. The number of hydrogen-bond donors (Lipinski definition) is 2. The number of rotatable bonds is 6. The van der Waals surface area contributed by atoms with Crippen LogP contribution in [-0.4, -0.2) is 28.7 Å². The molecule has 0 radical (unpaired) electrons. The van der Waals surface area contributed by atoms with Gasteiger partial charge < -0.3 is 15.2 Å². The number of anilines is 1. The molecule has 1 unspecified atom stereocenters. The molecule has 0 heterocycles. The van der Waals surface area contributed by atoms with Crippen LogP contribution in [0.1, 0.15) is 6.92 Å². The van der Waals surface area contributed by atoms with Crippen LogP contribution in [0.3, 0.4) is 0 Å². The highest BCUT2D eigenvalue weighted by atomic mass is 19.3. The number of nitrogens with zero attached hydrogens (tertiary/aromatic N) is 1. The Labute approximate surface area is 105 Å². The van der Waals surface area contributed by atoms with Crippen LogP contribution < -0.4 is 10.1 Å². The molecule has 0 aromatic heterocycles. The molecule has 1 aromatic rings. The number of nitrogens with one attached hydrogen (secondary N) is 1. The molecule has 0 saturated carbocycles. The number of ether oxygens (including phenoxy) is 1. The van der Waals surface area contributed by atoms with Gasteiger partial charge in [0.05, 0.1) is 4.92 Å². The highest BCUT2D eigenvalue weighted by Crippen LogP contribution is 2.31. The van der Waals surface area contributed by atoms with Gasteiger partial charge in [-0.1, -0.05) is 0 Å². The van der Waals surface area contributed by atoms with E-state index in [2.05, 4.69) is 10.1 Å². The Kier molecular flexibility index (Phi) is 4.56. The molecule has 0 saturated heterocycles. The Hall–Kier alpha value is -2.45. The lowest BCUT2D eigenvalue weighted by atomic mass is 10.2. The summed E-state index contributed by atoms with van der Waals surface area (Å²) >= 11 is 0. The van der Waals surface area contributed by atoms with Crippen LogP contribution in [-0.2, 0) is 4.79 Å². The van der Waals surface area contributed by atoms with Gasteiger partial charge in [-0.2, -0.15) is 8.78 Å². The maximum atomic E-state index is 12.1. The average molecular weight is 276 g/mol. The van der Waals surface area contributed by atoms with Gasteiger partial charge in [0, 0.05) is 17.8 Å². The quantitative estimate of drug-likeness (QED) is 0.609. The van der Waals surface area contributed by atoms with Crippen LogP contribution in [0.25, 0.3) is 0 Å². The number of nitro benzene ring substituents is 1. The third-order valence-electron chi connectivity index (χ3n) is 2.13. The normalized spacial score (nSPS) is 12.0. The van der Waals surface area contributed by atoms with Crippen molar-refractivity contribution in [1.82, 2.24) is 0 Å². The minimum Gasteiger partial charge on any atom is -0.480 e. The van der Waals surface area contributed by atoms with Crippen LogP contribution in [0.15, 0.2) is 18.2 Å². The van der Waals surface area contributed by atoms with E-state index in [1.807, 2.05) is 0 Å². The van der Waals surface area contributed by atoms with Crippen molar-refractivity contribution in [3.63, 3.8) is 0 Å². The molecule has 0 spiro atoms. The zero-order valence-corrected chi connectivity index (χ0v) is 9.67. The molecule has 0 bridgehead atoms. The first-order valence-corrected chi connectivity index (χ1v) is 5.04. The van der Waals surface area contributed by atoms with Crippen molar-refractivity contribution in [2.24, 2.45) is 0 Å². The SMILES string of the molecule is CC(Nc1ccc([N+](=O)[O-])c(OC(F)F)c1)C(=O)O. The van der Waals surface area contributed by atoms with Gasteiger partial charge in [0.1, 0.15) is 6.04 Å². The van der Waals surface area contributed by atoms with E-state index < -0.39 is 35.0 Å². The fourth-order valence-corrected chi connectivity index (χ4v) is 1.26. The van der Waals surface area contributed by atoms with Gasteiger partial charge in [-0.3, -0.25) is 14.9 Å². The summed E-state index contributed by atoms with van der Waals surface area (Å²) in [7, 11) is 0. The van der Waals surface area contributed by atoms with Gasteiger partial charge >= 0.3 is 18.3 Å². The lowest BCUT2D eigenvalue weighted by molar-refractivity contribution is -0.386. The number of hydrogen-bond acceptors (Lipinski definition) is 5. The standard InChI is InChI=1S/C10H10F2N2O5/c1-5(9(15)16)13-6-2-3-7(14(17)18)8(4-6)19-10(11)12/h2-5,10,13H,1H3,(H,15,16). The van der Waals surface area contributed by atoms with Gasteiger partial charge in [-0.05, 0) is 13.0 Å². The summed E-state index contributed by atoms with van der Waals surface area (Å²) in [5, 5.41) is 21.8. The molecule has 0 fully saturated rings. The second-order valence-corrected chi connectivity index (χ2v) is 3.52. The largest absolute Gasteiger partial charge is 0.480 e. The van der Waals surface area contributed by atoms with Gasteiger partial charge in [-0.15, -0.1) is 0 Å². The van der Waals surface area contributed by atoms with Gasteiger partial charge in [0.15, 0.2) is 0 Å². The zero-order chi connectivity index (χ0) is 14.6. The van der Waals surface area contributed by atoms with E-state index in [1.54, 1.807) is 0 Å². The number of alkyl halides is 2. The van der Waals surface area contributed by atoms with Crippen molar-refractivity contribution in [2.45, 2.75) is 19.6 Å². The number of benzene rings is 1. The van der Waals surface area contributed by atoms with E-state index in [1.165, 1.54) is 13.0 Å². The van der Waals surface area contributed by atoms with E-state index in [-0.39, 0.29) is 5.69 Å². The van der Waals surface area contributed by atoms with E-state index in [0.717, 1.165) is 12.1 Å². The number of nitro groups is 1.